The van der Waals surface area contributed by atoms with Crippen molar-refractivity contribution in [1.82, 2.24) is 10.3 Å². The number of pyridine rings is 1. The van der Waals surface area contributed by atoms with Gasteiger partial charge in [0.05, 0.1) is 0 Å². The average molecular weight is 374 g/mol. The molecule has 1 aromatic carbocycles. The van der Waals surface area contributed by atoms with E-state index >= 15 is 0 Å². The van der Waals surface area contributed by atoms with Gasteiger partial charge in [0.15, 0.2) is 5.11 Å². The van der Waals surface area contributed by atoms with Gasteiger partial charge >= 0.3 is 0 Å². The predicted octanol–water partition coefficient (Wildman–Crippen LogP) is 5.23. The Morgan fingerprint density at radius 3 is 2.68 bits per heavy atom. The smallest absolute Gasteiger partial charge is 0.171 e. The lowest BCUT2D eigenvalue weighted by Gasteiger charge is -2.38. The van der Waals surface area contributed by atoms with Crippen molar-refractivity contribution in [3.8, 4) is 0 Å². The number of hydrogen-bond donors (Lipinski definition) is 2. The van der Waals surface area contributed by atoms with Gasteiger partial charge in [-0.25, -0.2) is 4.98 Å². The molecule has 3 rings (SSSR count). The topological polar surface area (TPSA) is 37.0 Å². The molecule has 1 aromatic heterocycles. The number of rotatable bonds is 4. The van der Waals surface area contributed by atoms with Crippen LogP contribution in [0, 0.1) is 6.92 Å². The van der Waals surface area contributed by atoms with Crippen LogP contribution in [0.5, 0.6) is 0 Å². The van der Waals surface area contributed by atoms with Gasteiger partial charge in [-0.15, -0.1) is 0 Å². The summed E-state index contributed by atoms with van der Waals surface area (Å²) in [6.45, 7) is 2.83. The Morgan fingerprint density at radius 2 is 2.00 bits per heavy atom. The quantitative estimate of drug-likeness (QED) is 0.719. The minimum absolute atomic E-state index is 0.0929. The van der Waals surface area contributed by atoms with Gasteiger partial charge < -0.3 is 10.6 Å². The summed E-state index contributed by atoms with van der Waals surface area (Å²) in [6.07, 6.45) is 7.94. The molecule has 1 fully saturated rings. The number of thiocarbonyl (C=S) groups is 1. The molecule has 25 heavy (non-hydrogen) atoms. The zero-order valence-electron chi connectivity index (χ0n) is 14.5. The van der Waals surface area contributed by atoms with Crippen LogP contribution < -0.4 is 10.6 Å². The number of halogens is 1. The van der Waals surface area contributed by atoms with Crippen LogP contribution in [0.2, 0.25) is 5.02 Å². The largest absolute Gasteiger partial charge is 0.362 e. The first-order valence-corrected chi connectivity index (χ1v) is 9.60. The van der Waals surface area contributed by atoms with Crippen LogP contribution in [0.25, 0.3) is 0 Å². The minimum atomic E-state index is 0.0929. The normalized spacial score (nSPS) is 16.2. The second-order valence-electron chi connectivity index (χ2n) is 6.88. The van der Waals surface area contributed by atoms with Gasteiger partial charge in [0.1, 0.15) is 5.82 Å². The van der Waals surface area contributed by atoms with E-state index in [9.17, 15) is 0 Å². The average Bonchev–Trinajstić information content (AvgIpc) is 2.63. The minimum Gasteiger partial charge on any atom is -0.362 e. The van der Waals surface area contributed by atoms with Crippen LogP contribution in [0.4, 0.5) is 5.82 Å². The van der Waals surface area contributed by atoms with E-state index < -0.39 is 0 Å². The van der Waals surface area contributed by atoms with Gasteiger partial charge in [-0.05, 0) is 61.3 Å². The lowest BCUT2D eigenvalue weighted by molar-refractivity contribution is 0.292. The molecule has 0 amide bonds. The third-order valence-electron chi connectivity index (χ3n) is 4.99. The Kier molecular flexibility index (Phi) is 5.92. The molecule has 0 bridgehead atoms. The lowest BCUT2D eigenvalue weighted by atomic mass is 9.69. The van der Waals surface area contributed by atoms with Crippen LogP contribution in [0.1, 0.15) is 43.2 Å². The van der Waals surface area contributed by atoms with Crippen LogP contribution in [-0.4, -0.2) is 16.6 Å². The van der Waals surface area contributed by atoms with E-state index in [1.807, 2.05) is 37.4 Å². The first-order valence-electron chi connectivity index (χ1n) is 8.81. The molecule has 0 aliphatic heterocycles. The fourth-order valence-electron chi connectivity index (χ4n) is 3.57. The van der Waals surface area contributed by atoms with E-state index in [-0.39, 0.29) is 5.41 Å². The lowest BCUT2D eigenvalue weighted by Crippen LogP contribution is -2.43. The van der Waals surface area contributed by atoms with Crippen molar-refractivity contribution in [3.63, 3.8) is 0 Å². The summed E-state index contributed by atoms with van der Waals surface area (Å²) in [7, 11) is 0. The van der Waals surface area contributed by atoms with Gasteiger partial charge in [0.25, 0.3) is 0 Å². The molecule has 5 heteroatoms. The molecular weight excluding hydrogens is 350 g/mol. The summed E-state index contributed by atoms with van der Waals surface area (Å²) in [5, 5.41) is 8.00. The number of nitrogens with one attached hydrogen (secondary N) is 2. The Balaban J connectivity index is 1.68. The van der Waals surface area contributed by atoms with Crippen molar-refractivity contribution in [2.75, 3.05) is 11.9 Å². The maximum Gasteiger partial charge on any atom is 0.171 e. The number of benzene rings is 1. The number of hydrogen-bond acceptors (Lipinski definition) is 2. The second-order valence-corrected chi connectivity index (χ2v) is 7.72. The summed E-state index contributed by atoms with van der Waals surface area (Å²) < 4.78 is 0. The summed E-state index contributed by atoms with van der Waals surface area (Å²) in [6, 6.07) is 12.2. The van der Waals surface area contributed by atoms with E-state index in [0.717, 1.165) is 35.8 Å². The van der Waals surface area contributed by atoms with Gasteiger partial charge in [-0.3, -0.25) is 0 Å². The Labute approximate surface area is 160 Å². The van der Waals surface area contributed by atoms with E-state index in [2.05, 4.69) is 27.8 Å². The molecule has 1 saturated carbocycles. The molecule has 3 nitrogen and oxygen atoms in total. The zero-order valence-corrected chi connectivity index (χ0v) is 16.1. The first-order chi connectivity index (χ1) is 12.1. The van der Waals surface area contributed by atoms with Crippen molar-refractivity contribution < 1.29 is 0 Å². The molecule has 2 N–H and O–H groups in total. The molecule has 132 valence electrons. The monoisotopic (exact) mass is 373 g/mol. The summed E-state index contributed by atoms with van der Waals surface area (Å²) >= 11 is 11.7. The predicted molar refractivity (Wildman–Crippen MR) is 109 cm³/mol. The highest BCUT2D eigenvalue weighted by atomic mass is 35.5. The highest BCUT2D eigenvalue weighted by Crippen LogP contribution is 2.39. The van der Waals surface area contributed by atoms with Crippen LogP contribution in [0.15, 0.2) is 42.6 Å². The molecule has 1 aliphatic carbocycles. The molecule has 0 radical (unpaired) electrons. The number of aromatic nitrogens is 1. The highest BCUT2D eigenvalue weighted by molar-refractivity contribution is 7.80. The van der Waals surface area contributed by atoms with Gasteiger partial charge in [0.2, 0.25) is 0 Å². The Morgan fingerprint density at radius 1 is 1.20 bits per heavy atom. The Hall–Kier alpha value is -1.65. The SMILES string of the molecule is Cc1ccc(NC(=S)NCC2(c3cccc(Cl)c3)CCCCC2)nc1. The molecule has 1 heterocycles. The third-order valence-corrected chi connectivity index (χ3v) is 5.47. The number of aryl methyl sites for hydroxylation is 1. The molecular formula is C20H24ClN3S. The zero-order chi connectivity index (χ0) is 17.7. The molecule has 2 aromatic rings. The van der Waals surface area contributed by atoms with Crippen molar-refractivity contribution in [1.29, 1.82) is 0 Å². The van der Waals surface area contributed by atoms with E-state index in [1.54, 1.807) is 0 Å². The third kappa shape index (κ3) is 4.71. The fraction of sp³-hybridized carbons (Fsp3) is 0.400. The molecule has 0 saturated heterocycles. The van der Waals surface area contributed by atoms with Gasteiger partial charge in [-0.2, -0.15) is 0 Å². The van der Waals surface area contributed by atoms with Crippen LogP contribution in [0.3, 0.4) is 0 Å². The summed E-state index contributed by atoms with van der Waals surface area (Å²) in [4.78, 5) is 4.34. The molecule has 0 atom stereocenters. The number of anilines is 1. The maximum atomic E-state index is 6.24. The number of nitrogens with zero attached hydrogens (tertiary/aromatic N) is 1. The van der Waals surface area contributed by atoms with Crippen molar-refractivity contribution >= 4 is 34.7 Å². The molecule has 0 unspecified atom stereocenters. The van der Waals surface area contributed by atoms with Crippen LogP contribution in [-0.2, 0) is 5.41 Å². The summed E-state index contributed by atoms with van der Waals surface area (Å²) in [5.41, 5.74) is 2.53. The Bertz CT molecular complexity index is 724. The highest BCUT2D eigenvalue weighted by Gasteiger charge is 2.34. The maximum absolute atomic E-state index is 6.24. The fourth-order valence-corrected chi connectivity index (χ4v) is 3.93. The van der Waals surface area contributed by atoms with E-state index in [1.165, 1.54) is 24.8 Å². The van der Waals surface area contributed by atoms with Crippen LogP contribution >= 0.6 is 23.8 Å². The second kappa shape index (κ2) is 8.15. The van der Waals surface area contributed by atoms with E-state index in [0.29, 0.717) is 5.11 Å². The van der Waals surface area contributed by atoms with Gasteiger partial charge in [-0.1, -0.05) is 49.1 Å². The first kappa shape index (κ1) is 18.2. The standard InChI is InChI=1S/C20H24ClN3S/c1-15-8-9-18(22-13-15)24-19(25)23-14-20(10-3-2-4-11-20)16-6-5-7-17(21)12-16/h5-9,12-13H,2-4,10-11,14H2,1H3,(H2,22,23,24,25). The van der Waals surface area contributed by atoms with Crippen molar-refractivity contribution in [2.45, 2.75) is 44.4 Å². The van der Waals surface area contributed by atoms with Crippen molar-refractivity contribution in [3.05, 3.63) is 58.7 Å². The summed E-state index contributed by atoms with van der Waals surface area (Å²) in [5.74, 6) is 0.767. The van der Waals surface area contributed by atoms with Gasteiger partial charge in [0, 0.05) is 23.2 Å². The van der Waals surface area contributed by atoms with Crippen molar-refractivity contribution in [2.24, 2.45) is 0 Å². The van der Waals surface area contributed by atoms with E-state index in [4.69, 9.17) is 23.8 Å². The molecule has 0 spiro atoms. The molecule has 1 aliphatic rings.